The number of carboxylic acids is 1. The second-order valence-electron chi connectivity index (χ2n) is 3.42. The van der Waals surface area contributed by atoms with Crippen LogP contribution in [0.15, 0.2) is 22.5 Å². The number of hydrogen-bond acceptors (Lipinski definition) is 6. The van der Waals surface area contributed by atoms with Crippen LogP contribution in [0.3, 0.4) is 0 Å². The van der Waals surface area contributed by atoms with Crippen molar-refractivity contribution >= 4 is 55.7 Å². The van der Waals surface area contributed by atoms with Gasteiger partial charge in [0.05, 0.1) is 10.6 Å². The Balaban J connectivity index is 2.54. The molecule has 2 aromatic rings. The van der Waals surface area contributed by atoms with Crippen LogP contribution in [0, 0.1) is 0 Å². The van der Waals surface area contributed by atoms with Crippen LogP contribution >= 0.6 is 34.5 Å². The molecule has 0 fully saturated rings. The highest BCUT2D eigenvalue weighted by Crippen LogP contribution is 2.30. The molecule has 1 aromatic carbocycles. The standard InChI is InChI=1S/C9H5Cl2N3O4S2/c10-4-1-5(8(15)16)7(11)6(2-4)20(17,18)14-9-13-12-3-19-9/h1-3H,(H,13,14)(H,15,16). The monoisotopic (exact) mass is 353 g/mol. The largest absolute Gasteiger partial charge is 0.478 e. The summed E-state index contributed by atoms with van der Waals surface area (Å²) in [4.78, 5) is 10.5. The van der Waals surface area contributed by atoms with Gasteiger partial charge in [-0.05, 0) is 12.1 Å². The number of aromatic carboxylic acids is 1. The van der Waals surface area contributed by atoms with Crippen molar-refractivity contribution in [1.82, 2.24) is 10.2 Å². The summed E-state index contributed by atoms with van der Waals surface area (Å²) in [6.07, 6.45) is 0. The summed E-state index contributed by atoms with van der Waals surface area (Å²) < 4.78 is 26.4. The molecule has 0 atom stereocenters. The van der Waals surface area contributed by atoms with E-state index in [1.54, 1.807) is 0 Å². The number of nitrogens with one attached hydrogen (secondary N) is 1. The van der Waals surface area contributed by atoms with Crippen molar-refractivity contribution < 1.29 is 18.3 Å². The molecule has 106 valence electrons. The number of carboxylic acid groups (broad SMARTS) is 1. The first kappa shape index (κ1) is 15.0. The lowest BCUT2D eigenvalue weighted by atomic mass is 10.2. The highest BCUT2D eigenvalue weighted by atomic mass is 35.5. The average Bonchev–Trinajstić information content (AvgIpc) is 2.83. The third-order valence-electron chi connectivity index (χ3n) is 2.11. The normalized spacial score (nSPS) is 11.3. The number of halogens is 2. The van der Waals surface area contributed by atoms with Gasteiger partial charge in [0.2, 0.25) is 5.13 Å². The molecule has 11 heteroatoms. The number of sulfonamides is 1. The van der Waals surface area contributed by atoms with Gasteiger partial charge in [-0.25, -0.2) is 13.2 Å². The van der Waals surface area contributed by atoms with Crippen LogP contribution < -0.4 is 4.72 Å². The minimum atomic E-state index is -4.11. The molecular formula is C9H5Cl2N3O4S2. The van der Waals surface area contributed by atoms with Crippen molar-refractivity contribution in [3.8, 4) is 0 Å². The van der Waals surface area contributed by atoms with E-state index in [9.17, 15) is 13.2 Å². The molecule has 20 heavy (non-hydrogen) atoms. The summed E-state index contributed by atoms with van der Waals surface area (Å²) in [6.45, 7) is 0. The molecule has 2 N–H and O–H groups in total. The van der Waals surface area contributed by atoms with Crippen LogP contribution in [-0.4, -0.2) is 29.7 Å². The van der Waals surface area contributed by atoms with Crippen molar-refractivity contribution in [2.75, 3.05) is 4.72 Å². The zero-order valence-corrected chi connectivity index (χ0v) is 12.5. The van der Waals surface area contributed by atoms with Gasteiger partial charge >= 0.3 is 5.97 Å². The minimum absolute atomic E-state index is 0.0258. The molecule has 1 heterocycles. The molecule has 7 nitrogen and oxygen atoms in total. The second-order valence-corrected chi connectivity index (χ2v) is 6.72. The molecule has 0 saturated heterocycles. The summed E-state index contributed by atoms with van der Waals surface area (Å²) >= 11 is 12.5. The van der Waals surface area contributed by atoms with Crippen LogP contribution in [-0.2, 0) is 10.0 Å². The van der Waals surface area contributed by atoms with Gasteiger partial charge < -0.3 is 5.11 Å². The molecule has 0 unspecified atom stereocenters. The summed E-state index contributed by atoms with van der Waals surface area (Å²) in [5, 5.41) is 15.5. The molecule has 0 spiro atoms. The molecule has 0 bridgehead atoms. The Morgan fingerprint density at radius 3 is 2.60 bits per heavy atom. The highest BCUT2D eigenvalue weighted by molar-refractivity contribution is 7.93. The Morgan fingerprint density at radius 2 is 2.05 bits per heavy atom. The lowest BCUT2D eigenvalue weighted by Crippen LogP contribution is -2.15. The maximum Gasteiger partial charge on any atom is 0.337 e. The first-order valence-electron chi connectivity index (χ1n) is 4.82. The van der Waals surface area contributed by atoms with E-state index in [-0.39, 0.29) is 10.2 Å². The van der Waals surface area contributed by atoms with Crippen LogP contribution in [0.4, 0.5) is 5.13 Å². The Kier molecular flexibility index (Phi) is 4.14. The first-order valence-corrected chi connectivity index (χ1v) is 7.94. The number of anilines is 1. The summed E-state index contributed by atoms with van der Waals surface area (Å²) in [6, 6.07) is 2.12. The van der Waals surface area contributed by atoms with Gasteiger partial charge in [0.1, 0.15) is 10.4 Å². The van der Waals surface area contributed by atoms with Gasteiger partial charge in [-0.3, -0.25) is 4.72 Å². The Hall–Kier alpha value is -1.42. The third-order valence-corrected chi connectivity index (χ3v) is 4.94. The number of benzene rings is 1. The van der Waals surface area contributed by atoms with E-state index in [2.05, 4.69) is 14.9 Å². The fraction of sp³-hybridized carbons (Fsp3) is 0. The lowest BCUT2D eigenvalue weighted by Gasteiger charge is -2.09. The topological polar surface area (TPSA) is 109 Å². The fourth-order valence-corrected chi connectivity index (χ4v) is 3.90. The van der Waals surface area contributed by atoms with Gasteiger partial charge in [-0.2, -0.15) is 0 Å². The predicted molar refractivity (Wildman–Crippen MR) is 74.1 cm³/mol. The maximum atomic E-state index is 12.1. The number of aromatic nitrogens is 2. The molecule has 0 aliphatic rings. The molecule has 0 aliphatic heterocycles. The van der Waals surface area contributed by atoms with Gasteiger partial charge in [0, 0.05) is 5.02 Å². The molecule has 2 rings (SSSR count). The molecule has 0 aliphatic carbocycles. The first-order chi connectivity index (χ1) is 9.31. The zero-order valence-electron chi connectivity index (χ0n) is 9.37. The summed E-state index contributed by atoms with van der Waals surface area (Å²) in [7, 11) is -4.11. The third kappa shape index (κ3) is 3.01. The zero-order chi connectivity index (χ0) is 14.9. The maximum absolute atomic E-state index is 12.1. The van der Waals surface area contributed by atoms with E-state index < -0.39 is 31.5 Å². The Labute approximate surface area is 127 Å². The van der Waals surface area contributed by atoms with E-state index >= 15 is 0 Å². The van der Waals surface area contributed by atoms with Crippen molar-refractivity contribution in [1.29, 1.82) is 0 Å². The van der Waals surface area contributed by atoms with Crippen molar-refractivity contribution in [3.63, 3.8) is 0 Å². The van der Waals surface area contributed by atoms with Crippen LogP contribution in [0.2, 0.25) is 10.0 Å². The minimum Gasteiger partial charge on any atom is -0.478 e. The van der Waals surface area contributed by atoms with Crippen molar-refractivity contribution in [3.05, 3.63) is 33.3 Å². The van der Waals surface area contributed by atoms with Crippen LogP contribution in [0.1, 0.15) is 10.4 Å². The Morgan fingerprint density at radius 1 is 1.35 bits per heavy atom. The van der Waals surface area contributed by atoms with Crippen molar-refractivity contribution in [2.45, 2.75) is 4.90 Å². The molecule has 0 saturated carbocycles. The Bertz CT molecular complexity index is 762. The second kappa shape index (κ2) is 5.52. The van der Waals surface area contributed by atoms with Crippen molar-refractivity contribution in [2.24, 2.45) is 0 Å². The van der Waals surface area contributed by atoms with E-state index in [0.717, 1.165) is 23.5 Å². The number of hydrogen-bond donors (Lipinski definition) is 2. The number of rotatable bonds is 4. The van der Waals surface area contributed by atoms with Gasteiger partial charge in [0.25, 0.3) is 10.0 Å². The number of carbonyl (C=O) groups is 1. The molecule has 0 amide bonds. The highest BCUT2D eigenvalue weighted by Gasteiger charge is 2.24. The molecule has 1 aromatic heterocycles. The summed E-state index contributed by atoms with van der Waals surface area (Å²) in [5.74, 6) is -1.38. The SMILES string of the molecule is O=C(O)c1cc(Cl)cc(S(=O)(=O)Nc2nncs2)c1Cl. The number of nitrogens with zero attached hydrogens (tertiary/aromatic N) is 2. The fourth-order valence-electron chi connectivity index (χ4n) is 1.30. The quantitative estimate of drug-likeness (QED) is 0.872. The van der Waals surface area contributed by atoms with Gasteiger partial charge in [0.15, 0.2) is 0 Å². The molecule has 0 radical (unpaired) electrons. The van der Waals surface area contributed by atoms with E-state index in [1.807, 2.05) is 0 Å². The average molecular weight is 354 g/mol. The predicted octanol–water partition coefficient (Wildman–Crippen LogP) is 2.34. The molecular weight excluding hydrogens is 349 g/mol. The van der Waals surface area contributed by atoms with E-state index in [4.69, 9.17) is 28.3 Å². The van der Waals surface area contributed by atoms with Gasteiger partial charge in [-0.1, -0.05) is 34.5 Å². The van der Waals surface area contributed by atoms with Crippen LogP contribution in [0.5, 0.6) is 0 Å². The van der Waals surface area contributed by atoms with Gasteiger partial charge in [-0.15, -0.1) is 10.2 Å². The lowest BCUT2D eigenvalue weighted by molar-refractivity contribution is 0.0697. The van der Waals surface area contributed by atoms with Crippen LogP contribution in [0.25, 0.3) is 0 Å². The van der Waals surface area contributed by atoms with E-state index in [0.29, 0.717) is 0 Å². The summed E-state index contributed by atoms with van der Waals surface area (Å²) in [5.41, 5.74) is 0.928. The smallest absolute Gasteiger partial charge is 0.337 e. The van der Waals surface area contributed by atoms with E-state index in [1.165, 1.54) is 5.51 Å².